The summed E-state index contributed by atoms with van der Waals surface area (Å²) in [6.07, 6.45) is 3.42. The topological polar surface area (TPSA) is 55.3 Å². The largest absolute Gasteiger partial charge is 0.375 e. The average molecular weight is 333 g/mol. The predicted octanol–water partition coefficient (Wildman–Crippen LogP) is 3.60. The maximum atomic E-state index is 13.0. The van der Waals surface area contributed by atoms with E-state index in [1.165, 1.54) is 11.3 Å². The first-order valence-corrected chi connectivity index (χ1v) is 8.45. The van der Waals surface area contributed by atoms with Crippen LogP contribution in [0.2, 0.25) is 0 Å². The van der Waals surface area contributed by atoms with Gasteiger partial charge < -0.3 is 9.64 Å². The minimum atomic E-state index is -0.105. The normalized spacial score (nSPS) is 12.4. The Hall–Kier alpha value is -1.79. The zero-order valence-corrected chi connectivity index (χ0v) is 15.1. The Balaban J connectivity index is 2.26. The number of aryl methyl sites for hydroxylation is 1. The van der Waals surface area contributed by atoms with Crippen LogP contribution in [0, 0.1) is 6.92 Å². The Morgan fingerprint density at radius 1 is 1.39 bits per heavy atom. The van der Waals surface area contributed by atoms with Crippen LogP contribution < -0.4 is 0 Å². The van der Waals surface area contributed by atoms with E-state index < -0.39 is 0 Å². The molecule has 0 bridgehead atoms. The number of thiazole rings is 1. The van der Waals surface area contributed by atoms with E-state index in [2.05, 4.69) is 9.97 Å². The molecule has 0 saturated heterocycles. The number of aromatic nitrogens is 2. The van der Waals surface area contributed by atoms with Crippen LogP contribution in [0.15, 0.2) is 24.5 Å². The van der Waals surface area contributed by atoms with Crippen LogP contribution in [0.1, 0.15) is 52.8 Å². The Morgan fingerprint density at radius 2 is 2.13 bits per heavy atom. The lowest BCUT2D eigenvalue weighted by atomic mass is 10.2. The van der Waals surface area contributed by atoms with Crippen LogP contribution in [0.4, 0.5) is 0 Å². The lowest BCUT2D eigenvalue weighted by molar-refractivity contribution is 0.0694. The zero-order valence-electron chi connectivity index (χ0n) is 14.2. The number of carbonyl (C=O) groups is 1. The average Bonchev–Trinajstić information content (AvgIpc) is 2.94. The van der Waals surface area contributed by atoms with Crippen molar-refractivity contribution < 1.29 is 9.53 Å². The van der Waals surface area contributed by atoms with Crippen LogP contribution >= 0.6 is 11.3 Å². The first kappa shape index (κ1) is 17.6. The van der Waals surface area contributed by atoms with Gasteiger partial charge in [-0.1, -0.05) is 6.07 Å². The van der Waals surface area contributed by atoms with Crippen molar-refractivity contribution in [3.63, 3.8) is 0 Å². The minimum absolute atomic E-state index is 0.00778. The third-order valence-corrected chi connectivity index (χ3v) is 4.98. The second kappa shape index (κ2) is 7.66. The van der Waals surface area contributed by atoms with E-state index in [9.17, 15) is 4.79 Å². The quantitative estimate of drug-likeness (QED) is 0.810. The summed E-state index contributed by atoms with van der Waals surface area (Å²) in [6.45, 7) is 8.38. The third kappa shape index (κ3) is 4.14. The molecule has 0 aliphatic rings. The molecule has 2 rings (SSSR count). The second-order valence-electron chi connectivity index (χ2n) is 5.73. The molecule has 1 atom stereocenters. The number of amides is 1. The van der Waals surface area contributed by atoms with Gasteiger partial charge in [-0.25, -0.2) is 4.98 Å². The number of hydrogen-bond acceptors (Lipinski definition) is 5. The highest BCUT2D eigenvalue weighted by molar-refractivity contribution is 7.13. The molecule has 1 unspecified atom stereocenters. The van der Waals surface area contributed by atoms with E-state index in [1.54, 1.807) is 19.5 Å². The van der Waals surface area contributed by atoms with Crippen molar-refractivity contribution in [2.45, 2.75) is 46.4 Å². The van der Waals surface area contributed by atoms with E-state index in [-0.39, 0.29) is 18.1 Å². The highest BCUT2D eigenvalue weighted by atomic mass is 32.1. The van der Waals surface area contributed by atoms with Gasteiger partial charge in [0.1, 0.15) is 16.0 Å². The molecule has 0 fully saturated rings. The molecule has 2 aromatic rings. The summed E-state index contributed by atoms with van der Waals surface area (Å²) in [5, 5.41) is 0.832. The van der Waals surface area contributed by atoms with Gasteiger partial charge in [-0.05, 0) is 39.3 Å². The second-order valence-corrected chi connectivity index (χ2v) is 6.76. The van der Waals surface area contributed by atoms with E-state index >= 15 is 0 Å². The molecule has 0 aliphatic carbocycles. The molecular formula is C17H23N3O2S. The summed E-state index contributed by atoms with van der Waals surface area (Å²) in [6, 6.07) is 3.95. The summed E-state index contributed by atoms with van der Waals surface area (Å²) in [5.74, 6) is 0.00778. The van der Waals surface area contributed by atoms with Gasteiger partial charge in [0, 0.05) is 32.1 Å². The highest BCUT2D eigenvalue weighted by Crippen LogP contribution is 2.27. The van der Waals surface area contributed by atoms with Gasteiger partial charge in [-0.15, -0.1) is 11.3 Å². The summed E-state index contributed by atoms with van der Waals surface area (Å²) in [5.41, 5.74) is 1.78. The number of carbonyl (C=O) groups excluding carboxylic acids is 1. The van der Waals surface area contributed by atoms with E-state index in [4.69, 9.17) is 4.74 Å². The van der Waals surface area contributed by atoms with E-state index in [1.807, 2.05) is 44.7 Å². The van der Waals surface area contributed by atoms with Gasteiger partial charge >= 0.3 is 0 Å². The summed E-state index contributed by atoms with van der Waals surface area (Å²) in [4.78, 5) is 24.1. The van der Waals surface area contributed by atoms with Crippen molar-refractivity contribution in [3.8, 4) is 0 Å². The summed E-state index contributed by atoms with van der Waals surface area (Å²) >= 11 is 1.41. The highest BCUT2D eigenvalue weighted by Gasteiger charge is 2.25. The smallest absolute Gasteiger partial charge is 0.266 e. The first-order chi connectivity index (χ1) is 10.9. The molecule has 0 radical (unpaired) electrons. The lowest BCUT2D eigenvalue weighted by Gasteiger charge is -2.26. The fourth-order valence-electron chi connectivity index (χ4n) is 2.20. The molecule has 0 saturated carbocycles. The van der Waals surface area contributed by atoms with Crippen LogP contribution in [0.5, 0.6) is 0 Å². The van der Waals surface area contributed by atoms with Crippen molar-refractivity contribution in [2.75, 3.05) is 7.11 Å². The fraction of sp³-hybridized carbons (Fsp3) is 0.471. The van der Waals surface area contributed by atoms with Crippen LogP contribution in [-0.2, 0) is 11.3 Å². The van der Waals surface area contributed by atoms with Gasteiger partial charge in [0.25, 0.3) is 5.91 Å². The minimum Gasteiger partial charge on any atom is -0.375 e. The van der Waals surface area contributed by atoms with Gasteiger partial charge in [0.05, 0.1) is 5.69 Å². The van der Waals surface area contributed by atoms with Crippen molar-refractivity contribution in [1.29, 1.82) is 0 Å². The van der Waals surface area contributed by atoms with Crippen molar-refractivity contribution >= 4 is 17.2 Å². The monoisotopic (exact) mass is 333 g/mol. The fourth-order valence-corrected chi connectivity index (χ4v) is 3.25. The molecule has 0 aromatic carbocycles. The number of pyridine rings is 1. The SMILES string of the molecule is COC(C)c1nc(C)c(C(=O)N(Cc2cccnc2)C(C)C)s1. The molecule has 0 spiro atoms. The maximum Gasteiger partial charge on any atom is 0.266 e. The van der Waals surface area contributed by atoms with Crippen LogP contribution in [0.3, 0.4) is 0 Å². The third-order valence-electron chi connectivity index (χ3n) is 3.67. The van der Waals surface area contributed by atoms with Crippen molar-refractivity contribution in [2.24, 2.45) is 0 Å². The number of hydrogen-bond donors (Lipinski definition) is 0. The molecule has 1 amide bonds. The number of ether oxygens (including phenoxy) is 1. The molecule has 5 nitrogen and oxygen atoms in total. The number of nitrogens with zero attached hydrogens (tertiary/aromatic N) is 3. The molecule has 2 heterocycles. The number of methoxy groups -OCH3 is 1. The van der Waals surface area contributed by atoms with Crippen LogP contribution in [-0.4, -0.2) is 33.9 Å². The van der Waals surface area contributed by atoms with Gasteiger partial charge in [0.15, 0.2) is 0 Å². The molecule has 124 valence electrons. The Kier molecular flexibility index (Phi) is 5.85. The maximum absolute atomic E-state index is 13.0. The molecule has 0 aliphatic heterocycles. The molecule has 6 heteroatoms. The molecule has 23 heavy (non-hydrogen) atoms. The van der Waals surface area contributed by atoms with Crippen LogP contribution in [0.25, 0.3) is 0 Å². The number of rotatable bonds is 6. The summed E-state index contributed by atoms with van der Waals surface area (Å²) in [7, 11) is 1.64. The molecule has 0 N–H and O–H groups in total. The lowest BCUT2D eigenvalue weighted by Crippen LogP contribution is -2.36. The Morgan fingerprint density at radius 3 is 2.70 bits per heavy atom. The van der Waals surface area contributed by atoms with E-state index in [0.717, 1.165) is 16.3 Å². The Bertz CT molecular complexity index is 655. The van der Waals surface area contributed by atoms with Gasteiger partial charge in [-0.3, -0.25) is 9.78 Å². The van der Waals surface area contributed by atoms with Crippen molar-refractivity contribution in [3.05, 3.63) is 45.7 Å². The molecular weight excluding hydrogens is 310 g/mol. The van der Waals surface area contributed by atoms with Crippen molar-refractivity contribution in [1.82, 2.24) is 14.9 Å². The predicted molar refractivity (Wildman–Crippen MR) is 91.5 cm³/mol. The first-order valence-electron chi connectivity index (χ1n) is 7.64. The van der Waals surface area contributed by atoms with Gasteiger partial charge in [-0.2, -0.15) is 0 Å². The van der Waals surface area contributed by atoms with Gasteiger partial charge in [0.2, 0.25) is 0 Å². The summed E-state index contributed by atoms with van der Waals surface area (Å²) < 4.78 is 5.30. The molecule has 2 aromatic heterocycles. The Labute approximate surface area is 141 Å². The van der Waals surface area contributed by atoms with E-state index in [0.29, 0.717) is 11.4 Å². The zero-order chi connectivity index (χ0) is 17.0. The standard InChI is InChI=1S/C17H23N3O2S/c1-11(2)20(10-14-7-6-8-18-9-14)17(21)15-12(3)19-16(23-15)13(4)22-5/h6-9,11,13H,10H2,1-5H3.